The zero-order chi connectivity index (χ0) is 29.1. The summed E-state index contributed by atoms with van der Waals surface area (Å²) in [6.07, 6.45) is -11.8. The molecule has 2 aliphatic rings. The third kappa shape index (κ3) is 6.47. The number of aliphatic hydroxyl groups excluding tert-OH is 8. The smallest absolute Gasteiger partial charge is 0.229 e. The summed E-state index contributed by atoms with van der Waals surface area (Å²) in [4.78, 5) is 0. The molecule has 40 heavy (non-hydrogen) atoms. The van der Waals surface area contributed by atoms with Crippen molar-refractivity contribution < 1.29 is 70.0 Å². The number of rotatable bonds is 8. The molecule has 0 spiro atoms. The van der Waals surface area contributed by atoms with Crippen LogP contribution in [0, 0.1) is 0 Å². The Labute approximate surface area is 227 Å². The molecule has 0 aromatic heterocycles. The van der Waals surface area contributed by atoms with Crippen LogP contribution in [0.2, 0.25) is 0 Å². The van der Waals surface area contributed by atoms with Crippen LogP contribution < -0.4 is 9.47 Å². The van der Waals surface area contributed by atoms with Crippen LogP contribution in [0.3, 0.4) is 0 Å². The average molecular weight is 569 g/mol. The molecule has 14 nitrogen and oxygen atoms in total. The van der Waals surface area contributed by atoms with Gasteiger partial charge in [-0.2, -0.15) is 0 Å². The highest BCUT2D eigenvalue weighted by Gasteiger charge is 2.45. The van der Waals surface area contributed by atoms with Crippen molar-refractivity contribution in [2.24, 2.45) is 0 Å². The molecule has 2 aliphatic heterocycles. The lowest BCUT2D eigenvalue weighted by molar-refractivity contribution is -0.277. The molecular formula is C26H32O14. The maximum atomic E-state index is 10.5. The SMILES string of the molecule is OC[C@H]1O[C@H](Oc2cc(O)cc(C=Cc3ccc(O[C@H]4O[C@H](CO)[C@@H](O)[C@H](O)[C@H]4O)cc3O)c2)[C@H](O)[C@@H](O)[C@@H]1O. The molecule has 0 radical (unpaired) electrons. The molecule has 0 amide bonds. The summed E-state index contributed by atoms with van der Waals surface area (Å²) in [6, 6.07) is 8.20. The van der Waals surface area contributed by atoms with E-state index < -0.39 is 74.6 Å². The van der Waals surface area contributed by atoms with E-state index in [-0.39, 0.29) is 23.0 Å². The van der Waals surface area contributed by atoms with Gasteiger partial charge in [0.15, 0.2) is 0 Å². The van der Waals surface area contributed by atoms with Gasteiger partial charge in [0.1, 0.15) is 71.8 Å². The molecular weight excluding hydrogens is 536 g/mol. The standard InChI is InChI=1S/C26H32O14/c27-9-17-19(31)21(33)23(35)25(39-17)37-14-4-3-12(16(30)8-14)2-1-11-5-13(29)7-15(6-11)38-26-24(36)22(34)20(32)18(10-28)40-26/h1-8,17-36H,9-10H2/t17-,18-,19-,20-,21+,22+,23-,24-,25+,26+/m1/s1. The van der Waals surface area contributed by atoms with Crippen molar-refractivity contribution in [3.8, 4) is 23.0 Å². The molecule has 14 heteroatoms. The third-order valence-electron chi connectivity index (χ3n) is 6.57. The Bertz CT molecular complexity index is 1170. The second-order valence-corrected chi connectivity index (χ2v) is 9.44. The highest BCUT2D eigenvalue weighted by molar-refractivity contribution is 5.74. The van der Waals surface area contributed by atoms with E-state index in [1.807, 2.05) is 0 Å². The van der Waals surface area contributed by atoms with Crippen molar-refractivity contribution in [2.45, 2.75) is 61.4 Å². The predicted molar refractivity (Wildman–Crippen MR) is 134 cm³/mol. The maximum Gasteiger partial charge on any atom is 0.229 e. The summed E-state index contributed by atoms with van der Waals surface area (Å²) in [5, 5.41) is 99.2. The van der Waals surface area contributed by atoms with Crippen LogP contribution in [0.1, 0.15) is 11.1 Å². The lowest BCUT2D eigenvalue weighted by Gasteiger charge is -2.39. The summed E-state index contributed by atoms with van der Waals surface area (Å²) >= 11 is 0. The lowest BCUT2D eigenvalue weighted by Crippen LogP contribution is -2.60. The normalized spacial score (nSPS) is 34.6. The Hall–Kier alpha value is -3.02. The Kier molecular flexibility index (Phi) is 9.48. The molecule has 4 rings (SSSR count). The van der Waals surface area contributed by atoms with Crippen LogP contribution in [0.5, 0.6) is 23.0 Å². The third-order valence-corrected chi connectivity index (χ3v) is 6.57. The van der Waals surface area contributed by atoms with Crippen LogP contribution >= 0.6 is 0 Å². The number of hydrogen-bond donors (Lipinski definition) is 10. The molecule has 0 unspecified atom stereocenters. The molecule has 0 saturated carbocycles. The van der Waals surface area contributed by atoms with Crippen LogP contribution in [-0.4, -0.2) is 126 Å². The van der Waals surface area contributed by atoms with Gasteiger partial charge in [0.05, 0.1) is 13.2 Å². The van der Waals surface area contributed by atoms with Gasteiger partial charge in [0.25, 0.3) is 0 Å². The van der Waals surface area contributed by atoms with Crippen LogP contribution in [0.15, 0.2) is 36.4 Å². The minimum Gasteiger partial charge on any atom is -0.508 e. The first-order chi connectivity index (χ1) is 19.0. The number of aromatic hydroxyl groups is 2. The molecule has 2 aromatic rings. The van der Waals surface area contributed by atoms with Gasteiger partial charge in [-0.3, -0.25) is 0 Å². The van der Waals surface area contributed by atoms with E-state index in [1.165, 1.54) is 48.6 Å². The number of hydrogen-bond acceptors (Lipinski definition) is 14. The maximum absolute atomic E-state index is 10.5. The van der Waals surface area contributed by atoms with E-state index in [0.29, 0.717) is 11.1 Å². The minimum absolute atomic E-state index is 0.0384. The first-order valence-corrected chi connectivity index (χ1v) is 12.3. The molecule has 2 heterocycles. The van der Waals surface area contributed by atoms with E-state index in [0.717, 1.165) is 0 Å². The van der Waals surface area contributed by atoms with Crippen molar-refractivity contribution in [1.82, 2.24) is 0 Å². The fraction of sp³-hybridized carbons (Fsp3) is 0.462. The predicted octanol–water partition coefficient (Wildman–Crippen LogP) is -2.37. The number of aliphatic hydroxyl groups is 8. The molecule has 0 aliphatic carbocycles. The molecule has 10 atom stereocenters. The molecule has 0 bridgehead atoms. The van der Waals surface area contributed by atoms with Crippen LogP contribution in [0.4, 0.5) is 0 Å². The van der Waals surface area contributed by atoms with Crippen molar-refractivity contribution in [1.29, 1.82) is 0 Å². The second kappa shape index (κ2) is 12.7. The summed E-state index contributed by atoms with van der Waals surface area (Å²) in [5.74, 6) is -0.353. The Balaban J connectivity index is 1.45. The Morgan fingerprint density at radius 2 is 1.18 bits per heavy atom. The minimum atomic E-state index is -1.64. The zero-order valence-corrected chi connectivity index (χ0v) is 20.9. The van der Waals surface area contributed by atoms with Gasteiger partial charge >= 0.3 is 0 Å². The van der Waals surface area contributed by atoms with E-state index in [2.05, 4.69) is 0 Å². The van der Waals surface area contributed by atoms with Gasteiger partial charge in [0.2, 0.25) is 12.6 Å². The number of benzene rings is 2. The van der Waals surface area contributed by atoms with Gasteiger partial charge in [-0.25, -0.2) is 0 Å². The molecule has 2 saturated heterocycles. The highest BCUT2D eigenvalue weighted by atomic mass is 16.7. The number of phenolic OH excluding ortho intramolecular Hbond substituents is 2. The van der Waals surface area contributed by atoms with E-state index in [4.69, 9.17) is 18.9 Å². The fourth-order valence-corrected chi connectivity index (χ4v) is 4.29. The summed E-state index contributed by atoms with van der Waals surface area (Å²) < 4.78 is 21.6. The van der Waals surface area contributed by atoms with Gasteiger partial charge in [-0.15, -0.1) is 0 Å². The van der Waals surface area contributed by atoms with E-state index in [1.54, 1.807) is 0 Å². The first-order valence-electron chi connectivity index (χ1n) is 12.3. The van der Waals surface area contributed by atoms with Gasteiger partial charge in [0, 0.05) is 17.7 Å². The van der Waals surface area contributed by atoms with Gasteiger partial charge < -0.3 is 70.0 Å². The monoisotopic (exact) mass is 568 g/mol. The molecule has 220 valence electrons. The quantitative estimate of drug-likeness (QED) is 0.150. The Morgan fingerprint density at radius 3 is 1.70 bits per heavy atom. The van der Waals surface area contributed by atoms with Crippen molar-refractivity contribution in [3.05, 3.63) is 47.5 Å². The number of phenols is 2. The first kappa shape index (κ1) is 30.0. The van der Waals surface area contributed by atoms with E-state index in [9.17, 15) is 51.1 Å². The van der Waals surface area contributed by atoms with E-state index >= 15 is 0 Å². The molecule has 2 aromatic carbocycles. The largest absolute Gasteiger partial charge is 0.508 e. The van der Waals surface area contributed by atoms with Crippen molar-refractivity contribution in [3.63, 3.8) is 0 Å². The highest BCUT2D eigenvalue weighted by Crippen LogP contribution is 2.31. The fourth-order valence-electron chi connectivity index (χ4n) is 4.29. The lowest BCUT2D eigenvalue weighted by atomic mass is 9.99. The summed E-state index contributed by atoms with van der Waals surface area (Å²) in [5.41, 5.74) is 0.724. The number of ether oxygens (including phenoxy) is 4. The van der Waals surface area contributed by atoms with Gasteiger partial charge in [-0.1, -0.05) is 12.2 Å². The molecule has 2 fully saturated rings. The average Bonchev–Trinajstić information content (AvgIpc) is 2.93. The summed E-state index contributed by atoms with van der Waals surface area (Å²) in [6.45, 7) is -1.25. The molecule has 10 N–H and O–H groups in total. The topological polar surface area (TPSA) is 239 Å². The van der Waals surface area contributed by atoms with Crippen LogP contribution in [0.25, 0.3) is 12.2 Å². The zero-order valence-electron chi connectivity index (χ0n) is 20.9. The summed E-state index contributed by atoms with van der Waals surface area (Å²) in [7, 11) is 0. The van der Waals surface area contributed by atoms with Gasteiger partial charge in [-0.05, 0) is 29.8 Å². The van der Waals surface area contributed by atoms with Crippen LogP contribution in [-0.2, 0) is 9.47 Å². The van der Waals surface area contributed by atoms with Crippen molar-refractivity contribution in [2.75, 3.05) is 13.2 Å². The Morgan fingerprint density at radius 1 is 0.625 bits per heavy atom. The second-order valence-electron chi connectivity index (χ2n) is 9.44. The van der Waals surface area contributed by atoms with Crippen molar-refractivity contribution >= 4 is 12.2 Å².